The zero-order valence-corrected chi connectivity index (χ0v) is 17.2. The maximum atomic E-state index is 10.9. The van der Waals surface area contributed by atoms with Gasteiger partial charge in [0, 0.05) is 35.0 Å². The molecule has 0 heterocycles. The molecule has 1 radical (unpaired) electrons. The second kappa shape index (κ2) is 6.51. The first kappa shape index (κ1) is 19.1. The van der Waals surface area contributed by atoms with Crippen LogP contribution < -0.4 is 4.18 Å². The van der Waals surface area contributed by atoms with Gasteiger partial charge in [0.15, 0.2) is 0 Å². The minimum atomic E-state index is -4.52. The van der Waals surface area contributed by atoms with Gasteiger partial charge in [0.1, 0.15) is 5.75 Å². The van der Waals surface area contributed by atoms with Gasteiger partial charge in [-0.05, 0) is 65.6 Å². The van der Waals surface area contributed by atoms with Gasteiger partial charge >= 0.3 is 10.4 Å². The number of fused-ring (bicyclic) bond motifs is 5. The van der Waals surface area contributed by atoms with E-state index in [9.17, 15) is 13.5 Å². The molecule has 2 aromatic rings. The molecule has 0 spiro atoms. The number of hydrogen-bond donors (Lipinski definition) is 2. The van der Waals surface area contributed by atoms with Crippen molar-refractivity contribution in [2.45, 2.75) is 44.6 Å². The maximum absolute atomic E-state index is 10.9. The molecule has 4 rings (SSSR count). The van der Waals surface area contributed by atoms with Crippen LogP contribution in [0.1, 0.15) is 43.2 Å². The molecule has 7 heteroatoms. The Morgan fingerprint density at radius 1 is 1.20 bits per heavy atom. The van der Waals surface area contributed by atoms with Crippen molar-refractivity contribution < 1.29 is 22.3 Å². The minimum Gasteiger partial charge on any atom is -0.393 e. The third-order valence-electron chi connectivity index (χ3n) is 5.92. The van der Waals surface area contributed by atoms with E-state index in [4.69, 9.17) is 4.55 Å². The summed E-state index contributed by atoms with van der Waals surface area (Å²) in [6.07, 6.45) is 3.46. The van der Waals surface area contributed by atoms with Crippen molar-refractivity contribution in [2.24, 2.45) is 5.41 Å². The molecule has 2 N–H and O–H groups in total. The summed E-state index contributed by atoms with van der Waals surface area (Å²) in [7, 11) is -4.52. The summed E-state index contributed by atoms with van der Waals surface area (Å²) in [5, 5.41) is 12.3. The molecule has 1 saturated carbocycles. The molecule has 129 valence electrons. The fraction of sp³-hybridized carbons (Fsp3) is 0.444. The van der Waals surface area contributed by atoms with Crippen molar-refractivity contribution in [3.8, 4) is 5.75 Å². The van der Waals surface area contributed by atoms with Gasteiger partial charge in [-0.1, -0.05) is 25.1 Å². The molecular weight excluding hydrogens is 351 g/mol. The van der Waals surface area contributed by atoms with E-state index in [0.29, 0.717) is 5.92 Å². The molecule has 1 fully saturated rings. The fourth-order valence-electron chi connectivity index (χ4n) is 4.63. The first-order chi connectivity index (χ1) is 11.3. The summed E-state index contributed by atoms with van der Waals surface area (Å²) in [6, 6.07) is 9.09. The van der Waals surface area contributed by atoms with Crippen molar-refractivity contribution in [3.63, 3.8) is 0 Å². The predicted molar refractivity (Wildman–Crippen MR) is 96.3 cm³/mol. The van der Waals surface area contributed by atoms with Crippen molar-refractivity contribution >= 4 is 50.7 Å². The van der Waals surface area contributed by atoms with E-state index in [1.165, 1.54) is 11.1 Å². The van der Waals surface area contributed by atoms with Gasteiger partial charge in [-0.15, -0.1) is 0 Å². The Morgan fingerprint density at radius 2 is 1.96 bits per heavy atom. The number of aliphatic hydroxyl groups excluding tert-OH is 1. The summed E-state index contributed by atoms with van der Waals surface area (Å²) in [6.45, 7) is 2.19. The Kier molecular flexibility index (Phi) is 4.99. The van der Waals surface area contributed by atoms with E-state index in [0.717, 1.165) is 36.5 Å². The Bertz CT molecular complexity index is 926. The van der Waals surface area contributed by atoms with Crippen LogP contribution in [0.3, 0.4) is 0 Å². The van der Waals surface area contributed by atoms with Gasteiger partial charge < -0.3 is 9.29 Å². The summed E-state index contributed by atoms with van der Waals surface area (Å²) in [5.74, 6) is 0.469. The molecule has 0 unspecified atom stereocenters. The van der Waals surface area contributed by atoms with Gasteiger partial charge in [-0.3, -0.25) is 4.55 Å². The number of benzene rings is 2. The second-order valence-electron chi connectivity index (χ2n) is 7.18. The summed E-state index contributed by atoms with van der Waals surface area (Å²) < 4.78 is 35.1. The third-order valence-corrected chi connectivity index (χ3v) is 6.32. The van der Waals surface area contributed by atoms with Crippen LogP contribution in [0.4, 0.5) is 0 Å². The van der Waals surface area contributed by atoms with Crippen LogP contribution in [0.25, 0.3) is 10.8 Å². The van der Waals surface area contributed by atoms with Gasteiger partial charge in [0.2, 0.25) is 0 Å². The molecule has 0 aliphatic heterocycles. The molecule has 2 aliphatic rings. The number of hydrogen-bond acceptors (Lipinski definition) is 4. The fourth-order valence-corrected chi connectivity index (χ4v) is 4.98. The van der Waals surface area contributed by atoms with Crippen LogP contribution in [0.15, 0.2) is 30.3 Å². The van der Waals surface area contributed by atoms with Crippen molar-refractivity contribution in [1.29, 1.82) is 0 Å². The van der Waals surface area contributed by atoms with Crippen LogP contribution in [-0.2, 0) is 16.8 Å². The number of aliphatic hydroxyl groups is 1. The molecule has 0 amide bonds. The quantitative estimate of drug-likeness (QED) is 0.626. The molecule has 2 aliphatic carbocycles. The molecule has 2 aromatic carbocycles. The average molecular weight is 371 g/mol. The summed E-state index contributed by atoms with van der Waals surface area (Å²) in [4.78, 5) is 0. The Hall–Kier alpha value is -0.630. The van der Waals surface area contributed by atoms with Crippen LogP contribution in [0.2, 0.25) is 0 Å². The zero-order chi connectivity index (χ0) is 17.1. The second-order valence-corrected chi connectivity index (χ2v) is 8.20. The summed E-state index contributed by atoms with van der Waals surface area (Å²) >= 11 is 0. The molecule has 0 aromatic heterocycles. The molecule has 25 heavy (non-hydrogen) atoms. The standard InChI is InChI=1S/C18H20O5S.Na/c1-18-9-8-14-13-5-3-12(23-24(20,21)22)10-11(13)2-4-15(14)16(18)6-7-17(18)19;/h2-5,10,16-17,19H,6-9H2,1H3,(H,20,21,22);/t16-,17-,18-;/m0./s1. The first-order valence-corrected chi connectivity index (χ1v) is 9.55. The van der Waals surface area contributed by atoms with E-state index in [1.54, 1.807) is 12.1 Å². The Labute approximate surface area is 169 Å². The minimum absolute atomic E-state index is 0. The van der Waals surface area contributed by atoms with Gasteiger partial charge in [0.05, 0.1) is 6.10 Å². The van der Waals surface area contributed by atoms with Crippen molar-refractivity contribution in [1.82, 2.24) is 0 Å². The van der Waals surface area contributed by atoms with Crippen molar-refractivity contribution in [2.75, 3.05) is 0 Å². The monoisotopic (exact) mass is 371 g/mol. The van der Waals surface area contributed by atoms with E-state index >= 15 is 0 Å². The first-order valence-electron chi connectivity index (χ1n) is 8.18. The van der Waals surface area contributed by atoms with Crippen LogP contribution in [0, 0.1) is 5.41 Å². The molecular formula is C18H20NaO5S. The summed E-state index contributed by atoms with van der Waals surface area (Å²) in [5.41, 5.74) is 2.54. The zero-order valence-electron chi connectivity index (χ0n) is 14.4. The van der Waals surface area contributed by atoms with Crippen molar-refractivity contribution in [3.05, 3.63) is 41.5 Å². The van der Waals surface area contributed by atoms with Crippen LogP contribution in [-0.4, -0.2) is 53.7 Å². The third kappa shape index (κ3) is 3.24. The van der Waals surface area contributed by atoms with E-state index in [1.807, 2.05) is 12.1 Å². The van der Waals surface area contributed by atoms with Crippen LogP contribution in [0.5, 0.6) is 5.75 Å². The smallest absolute Gasteiger partial charge is 0.393 e. The average Bonchev–Trinajstić information content (AvgIpc) is 2.81. The van der Waals surface area contributed by atoms with Crippen LogP contribution >= 0.6 is 0 Å². The SMILES string of the molecule is C[C@]12CCc3c(ccc4cc(OS(=O)(=O)O)ccc34)[C@@H]1CC[C@@H]2O.[Na]. The maximum Gasteiger partial charge on any atom is 0.446 e. The van der Waals surface area contributed by atoms with Gasteiger partial charge in [-0.2, -0.15) is 8.42 Å². The number of rotatable bonds is 2. The van der Waals surface area contributed by atoms with Gasteiger partial charge in [0.25, 0.3) is 0 Å². The van der Waals surface area contributed by atoms with E-state index in [-0.39, 0.29) is 46.8 Å². The molecule has 0 bridgehead atoms. The molecule has 3 atom stereocenters. The largest absolute Gasteiger partial charge is 0.446 e. The molecule has 0 saturated heterocycles. The topological polar surface area (TPSA) is 83.8 Å². The van der Waals surface area contributed by atoms with Gasteiger partial charge in [-0.25, -0.2) is 0 Å². The molecule has 5 nitrogen and oxygen atoms in total. The normalized spacial score (nSPS) is 28.1. The Balaban J connectivity index is 0.00000182. The van der Waals surface area contributed by atoms with E-state index in [2.05, 4.69) is 17.2 Å². The van der Waals surface area contributed by atoms with E-state index < -0.39 is 10.4 Å². The number of aryl methyl sites for hydroxylation is 1. The Morgan fingerprint density at radius 3 is 2.68 bits per heavy atom. The predicted octanol–water partition coefficient (Wildman–Crippen LogP) is 2.83.